The molecule has 3 N–H and O–H groups in total. The van der Waals surface area contributed by atoms with E-state index < -0.39 is 12.1 Å². The highest BCUT2D eigenvalue weighted by Gasteiger charge is 2.20. The van der Waals surface area contributed by atoms with Crippen molar-refractivity contribution in [2.75, 3.05) is 13.2 Å². The van der Waals surface area contributed by atoms with Crippen LogP contribution < -0.4 is 5.32 Å². The van der Waals surface area contributed by atoms with Gasteiger partial charge in [-0.25, -0.2) is 0 Å². The Bertz CT molecular complexity index is 1270. The molecule has 480 valence electrons. The van der Waals surface area contributed by atoms with E-state index in [2.05, 4.69) is 43.5 Å². The molecule has 0 aromatic carbocycles. The third kappa shape index (κ3) is 67.3. The molecular formula is C75H145NO5. The second kappa shape index (κ2) is 70.8. The van der Waals surface area contributed by atoms with Crippen LogP contribution in [0, 0.1) is 0 Å². The van der Waals surface area contributed by atoms with Crippen LogP contribution >= 0.6 is 0 Å². The molecule has 6 nitrogen and oxygen atoms in total. The van der Waals surface area contributed by atoms with Gasteiger partial charge in [-0.1, -0.05) is 353 Å². The fourth-order valence-corrected chi connectivity index (χ4v) is 11.8. The Morgan fingerprint density at radius 1 is 0.333 bits per heavy atom. The molecule has 0 saturated carbocycles. The van der Waals surface area contributed by atoms with Crippen LogP contribution in [0.5, 0.6) is 0 Å². The highest BCUT2D eigenvalue weighted by atomic mass is 16.5. The number of aliphatic hydroxyl groups is 2. The molecule has 0 rings (SSSR count). The van der Waals surface area contributed by atoms with Gasteiger partial charge in [-0.2, -0.15) is 0 Å². The Labute approximate surface area is 507 Å². The molecule has 81 heavy (non-hydrogen) atoms. The van der Waals surface area contributed by atoms with Gasteiger partial charge < -0.3 is 20.3 Å². The van der Waals surface area contributed by atoms with E-state index in [1.54, 1.807) is 0 Å². The molecule has 2 atom stereocenters. The summed E-state index contributed by atoms with van der Waals surface area (Å²) >= 11 is 0. The first-order valence-corrected chi connectivity index (χ1v) is 37.1. The molecule has 6 heteroatoms. The van der Waals surface area contributed by atoms with Crippen LogP contribution in [0.3, 0.4) is 0 Å². The van der Waals surface area contributed by atoms with Gasteiger partial charge in [-0.05, 0) is 77.0 Å². The maximum absolute atomic E-state index is 12.6. The molecule has 0 radical (unpaired) electrons. The van der Waals surface area contributed by atoms with Crippen molar-refractivity contribution >= 4 is 11.9 Å². The summed E-state index contributed by atoms with van der Waals surface area (Å²) in [5.74, 6) is -0.0270. The summed E-state index contributed by atoms with van der Waals surface area (Å²) in [4.78, 5) is 24.7. The van der Waals surface area contributed by atoms with E-state index in [1.165, 1.54) is 340 Å². The molecule has 0 aromatic heterocycles. The lowest BCUT2D eigenvalue weighted by atomic mass is 10.0. The van der Waals surface area contributed by atoms with Crippen LogP contribution in [0.25, 0.3) is 0 Å². The Morgan fingerprint density at radius 3 is 0.877 bits per heavy atom. The largest absolute Gasteiger partial charge is 0.466 e. The van der Waals surface area contributed by atoms with Crippen molar-refractivity contribution in [3.05, 3.63) is 24.3 Å². The van der Waals surface area contributed by atoms with Crippen molar-refractivity contribution in [1.82, 2.24) is 5.32 Å². The van der Waals surface area contributed by atoms with E-state index in [4.69, 9.17) is 4.74 Å². The normalized spacial score (nSPS) is 12.6. The van der Waals surface area contributed by atoms with Gasteiger partial charge >= 0.3 is 5.97 Å². The molecule has 0 aliphatic heterocycles. The first-order valence-electron chi connectivity index (χ1n) is 37.1. The average molecular weight is 1140 g/mol. The fraction of sp³-hybridized carbons (Fsp3) is 0.920. The number of aliphatic hydroxyl groups excluding tert-OH is 2. The molecular weight excluding hydrogens is 995 g/mol. The van der Waals surface area contributed by atoms with E-state index in [1.807, 2.05) is 0 Å². The minimum Gasteiger partial charge on any atom is -0.466 e. The minimum atomic E-state index is -0.670. The summed E-state index contributed by atoms with van der Waals surface area (Å²) in [5.41, 5.74) is 0. The maximum atomic E-state index is 12.6. The zero-order valence-corrected chi connectivity index (χ0v) is 55.0. The molecule has 0 aliphatic rings. The summed E-state index contributed by atoms with van der Waals surface area (Å²) in [5, 5.41) is 23.4. The average Bonchev–Trinajstić information content (AvgIpc) is 3.47. The Morgan fingerprint density at radius 2 is 0.580 bits per heavy atom. The van der Waals surface area contributed by atoms with Crippen molar-refractivity contribution in [1.29, 1.82) is 0 Å². The zero-order valence-electron chi connectivity index (χ0n) is 55.0. The second-order valence-corrected chi connectivity index (χ2v) is 25.6. The van der Waals surface area contributed by atoms with Crippen molar-refractivity contribution in [3.8, 4) is 0 Å². The number of carbonyl (C=O) groups is 2. The molecule has 2 unspecified atom stereocenters. The molecule has 0 spiro atoms. The van der Waals surface area contributed by atoms with Crippen LogP contribution in [0.4, 0.5) is 0 Å². The lowest BCUT2D eigenvalue weighted by Crippen LogP contribution is -2.45. The Balaban J connectivity index is 3.40. The summed E-state index contributed by atoms with van der Waals surface area (Å²) in [6.45, 7) is 4.99. The van der Waals surface area contributed by atoms with E-state index in [-0.39, 0.29) is 18.5 Å². The third-order valence-corrected chi connectivity index (χ3v) is 17.5. The number of carbonyl (C=O) groups excluding carboxylic acids is 2. The lowest BCUT2D eigenvalue weighted by molar-refractivity contribution is -0.143. The molecule has 0 bridgehead atoms. The zero-order chi connectivity index (χ0) is 58.5. The lowest BCUT2D eigenvalue weighted by Gasteiger charge is -2.22. The van der Waals surface area contributed by atoms with Gasteiger partial charge in [-0.15, -0.1) is 0 Å². The second-order valence-electron chi connectivity index (χ2n) is 25.6. The molecule has 1 amide bonds. The SMILES string of the molecule is CCCCCCCC/C=C\CCCCCCCCCC(=O)OCCCCCCCCCCCCCC/C=C\CCCCCCCCCC(=O)NC(CO)C(O)CCCCCCCCCCCCCCCCCCCCCCCCCC. The Hall–Kier alpha value is -1.66. The number of rotatable bonds is 70. The number of esters is 1. The molecule has 0 heterocycles. The van der Waals surface area contributed by atoms with Crippen LogP contribution in [-0.2, 0) is 14.3 Å². The number of ether oxygens (including phenoxy) is 1. The van der Waals surface area contributed by atoms with Crippen molar-refractivity contribution in [2.45, 2.75) is 431 Å². The van der Waals surface area contributed by atoms with Crippen molar-refractivity contribution < 1.29 is 24.5 Å². The maximum Gasteiger partial charge on any atom is 0.305 e. The number of hydrogen-bond acceptors (Lipinski definition) is 5. The third-order valence-electron chi connectivity index (χ3n) is 17.5. The minimum absolute atomic E-state index is 0.00933. The van der Waals surface area contributed by atoms with Gasteiger partial charge in [0.25, 0.3) is 0 Å². The quantitative estimate of drug-likeness (QED) is 0.0320. The molecule has 0 fully saturated rings. The predicted molar refractivity (Wildman–Crippen MR) is 356 cm³/mol. The van der Waals surface area contributed by atoms with E-state index in [0.29, 0.717) is 25.9 Å². The van der Waals surface area contributed by atoms with E-state index >= 15 is 0 Å². The molecule has 0 aromatic rings. The number of hydrogen-bond donors (Lipinski definition) is 3. The number of amides is 1. The van der Waals surface area contributed by atoms with Crippen LogP contribution in [0.2, 0.25) is 0 Å². The van der Waals surface area contributed by atoms with Gasteiger partial charge in [0.05, 0.1) is 25.4 Å². The van der Waals surface area contributed by atoms with Crippen molar-refractivity contribution in [3.63, 3.8) is 0 Å². The monoisotopic (exact) mass is 1140 g/mol. The van der Waals surface area contributed by atoms with E-state index in [9.17, 15) is 19.8 Å². The van der Waals surface area contributed by atoms with Crippen LogP contribution in [0.15, 0.2) is 24.3 Å². The number of nitrogens with one attached hydrogen (secondary N) is 1. The van der Waals surface area contributed by atoms with Crippen molar-refractivity contribution in [2.24, 2.45) is 0 Å². The van der Waals surface area contributed by atoms with Gasteiger partial charge in [0.2, 0.25) is 5.91 Å². The van der Waals surface area contributed by atoms with Crippen LogP contribution in [0.1, 0.15) is 418 Å². The first-order chi connectivity index (χ1) is 40.0. The number of allylic oxidation sites excluding steroid dienone is 4. The molecule has 0 saturated heterocycles. The number of unbranched alkanes of at least 4 members (excludes halogenated alkanes) is 55. The van der Waals surface area contributed by atoms with Gasteiger partial charge in [-0.3, -0.25) is 9.59 Å². The van der Waals surface area contributed by atoms with Gasteiger partial charge in [0.1, 0.15) is 0 Å². The highest BCUT2D eigenvalue weighted by Crippen LogP contribution is 2.19. The molecule has 0 aliphatic carbocycles. The van der Waals surface area contributed by atoms with Gasteiger partial charge in [0.15, 0.2) is 0 Å². The highest BCUT2D eigenvalue weighted by molar-refractivity contribution is 5.76. The summed E-state index contributed by atoms with van der Waals surface area (Å²) in [6, 6.07) is -0.548. The smallest absolute Gasteiger partial charge is 0.305 e. The van der Waals surface area contributed by atoms with Gasteiger partial charge in [0, 0.05) is 12.8 Å². The summed E-state index contributed by atoms with van der Waals surface area (Å²) < 4.78 is 5.50. The Kier molecular flexibility index (Phi) is 69.4. The fourth-order valence-electron chi connectivity index (χ4n) is 11.8. The van der Waals surface area contributed by atoms with Crippen LogP contribution in [-0.4, -0.2) is 47.4 Å². The predicted octanol–water partition coefficient (Wildman–Crippen LogP) is 24.1. The topological polar surface area (TPSA) is 95.9 Å². The first kappa shape index (κ1) is 79.3. The van der Waals surface area contributed by atoms with E-state index in [0.717, 1.165) is 44.9 Å². The standard InChI is InChI=1S/C75H145NO5/c1-3-5-7-9-11-13-15-17-19-21-22-23-24-26-29-32-36-39-43-47-51-55-59-63-67-73(78)72(71-77)76-74(79)68-64-60-56-52-48-44-40-37-33-30-27-25-28-31-34-38-42-46-50-54-58-62-66-70-81-75(80)69-65-61-57-53-49-45-41-35-20-18-16-14-12-10-8-6-4-2/h18,20,30,33,72-73,77-78H,3-17,19,21-29,31-32,34-71H2,1-2H3,(H,76,79)/b20-18-,33-30-. The summed E-state index contributed by atoms with van der Waals surface area (Å²) in [6.07, 6.45) is 89.5. The summed E-state index contributed by atoms with van der Waals surface area (Å²) in [7, 11) is 0.